The van der Waals surface area contributed by atoms with E-state index in [4.69, 9.17) is 4.74 Å². The zero-order chi connectivity index (χ0) is 23.6. The van der Waals surface area contributed by atoms with Gasteiger partial charge in [-0.3, -0.25) is 4.79 Å². The van der Waals surface area contributed by atoms with Gasteiger partial charge in [-0.25, -0.2) is 0 Å². The molecule has 3 N–H and O–H groups in total. The maximum Gasteiger partial charge on any atom is 0.256 e. The van der Waals surface area contributed by atoms with Crippen LogP contribution in [0.3, 0.4) is 0 Å². The number of amides is 1. The summed E-state index contributed by atoms with van der Waals surface area (Å²) >= 11 is 0. The minimum Gasteiger partial charge on any atom is -0.508 e. The highest BCUT2D eigenvalue weighted by molar-refractivity contribution is 6.31. The molecule has 0 aliphatic carbocycles. The topological polar surface area (TPSA) is 82.0 Å². The van der Waals surface area contributed by atoms with Crippen molar-refractivity contribution in [2.75, 3.05) is 39.2 Å². The van der Waals surface area contributed by atoms with Gasteiger partial charge in [-0.1, -0.05) is 42.5 Å². The van der Waals surface area contributed by atoms with Crippen LogP contribution in [0.1, 0.15) is 17.5 Å². The molecule has 0 aromatic heterocycles. The predicted octanol–water partition coefficient (Wildman–Crippen LogP) is 4.26. The lowest BCUT2D eigenvalue weighted by Gasteiger charge is -2.17. The van der Waals surface area contributed by atoms with E-state index < -0.39 is 0 Å². The van der Waals surface area contributed by atoms with Gasteiger partial charge in [0.2, 0.25) is 0 Å². The third-order valence-corrected chi connectivity index (χ3v) is 5.09. The van der Waals surface area contributed by atoms with Gasteiger partial charge < -0.3 is 25.2 Å². The Hall–Kier alpha value is -3.61. The molecule has 33 heavy (non-hydrogen) atoms. The molecule has 0 aliphatic rings. The maximum atomic E-state index is 13.5. The van der Waals surface area contributed by atoms with E-state index in [-0.39, 0.29) is 18.3 Å². The number of carbonyl (C=O) groups is 1. The largest absolute Gasteiger partial charge is 0.508 e. The molecule has 3 aromatic rings. The van der Waals surface area contributed by atoms with Crippen LogP contribution in [-0.2, 0) is 4.79 Å². The molecule has 0 fully saturated rings. The molecule has 1 amide bonds. The van der Waals surface area contributed by atoms with E-state index in [9.17, 15) is 15.0 Å². The van der Waals surface area contributed by atoms with Crippen LogP contribution in [0.5, 0.6) is 11.5 Å². The van der Waals surface area contributed by atoms with Gasteiger partial charge in [0.25, 0.3) is 5.91 Å². The number of nitrogens with one attached hydrogen (secondary N) is 1. The fraction of sp³-hybridized carbons (Fsp3) is 0.222. The quantitative estimate of drug-likeness (QED) is 0.320. The summed E-state index contributed by atoms with van der Waals surface area (Å²) < 4.78 is 5.72. The van der Waals surface area contributed by atoms with Crippen molar-refractivity contribution < 1.29 is 19.7 Å². The number of hydrogen-bond acceptors (Lipinski definition) is 5. The van der Waals surface area contributed by atoms with Crippen molar-refractivity contribution in [1.29, 1.82) is 0 Å². The van der Waals surface area contributed by atoms with E-state index in [1.165, 1.54) is 0 Å². The van der Waals surface area contributed by atoms with Gasteiger partial charge in [0, 0.05) is 18.8 Å². The van der Waals surface area contributed by atoms with Gasteiger partial charge in [-0.15, -0.1) is 0 Å². The number of aromatic hydroxyl groups is 1. The van der Waals surface area contributed by atoms with Crippen LogP contribution in [0.4, 0.5) is 5.69 Å². The minimum absolute atomic E-state index is 0.0991. The molecule has 0 atom stereocenters. The van der Waals surface area contributed by atoms with Crippen LogP contribution in [0.2, 0.25) is 0 Å². The summed E-state index contributed by atoms with van der Waals surface area (Å²) in [5, 5.41) is 22.4. The molecule has 6 nitrogen and oxygen atoms in total. The van der Waals surface area contributed by atoms with Gasteiger partial charge in [-0.2, -0.15) is 0 Å². The SMILES string of the molecule is CN(C)CCOc1ccc(NC(=O)C(=C(CCO)c2ccccc2)c2ccc(O)cc2)cc1. The van der Waals surface area contributed by atoms with Crippen molar-refractivity contribution in [2.24, 2.45) is 0 Å². The van der Waals surface area contributed by atoms with Crippen LogP contribution < -0.4 is 10.1 Å². The first kappa shape index (κ1) is 24.0. The standard InChI is InChI=1S/C27H30N2O4/c1-29(2)17-19-33-24-14-10-22(11-15-24)28-27(32)26(21-8-12-23(31)13-9-21)25(16-18-30)20-6-4-3-5-7-20/h3-15,30-31H,16-19H2,1-2H3,(H,28,32). The first-order valence-electron chi connectivity index (χ1n) is 10.9. The number of hydrogen-bond donors (Lipinski definition) is 3. The second-order valence-corrected chi connectivity index (χ2v) is 7.87. The summed E-state index contributed by atoms with van der Waals surface area (Å²) in [6.45, 7) is 1.29. The number of carbonyl (C=O) groups excluding carboxylic acids is 1. The monoisotopic (exact) mass is 446 g/mol. The van der Waals surface area contributed by atoms with Crippen molar-refractivity contribution in [3.63, 3.8) is 0 Å². The molecule has 6 heteroatoms. The molecule has 0 spiro atoms. The molecule has 0 aliphatic heterocycles. The van der Waals surface area contributed by atoms with Crippen LogP contribution in [0, 0.1) is 0 Å². The Balaban J connectivity index is 1.91. The highest BCUT2D eigenvalue weighted by Crippen LogP contribution is 2.31. The number of likely N-dealkylation sites (N-methyl/N-ethyl adjacent to an activating group) is 1. The highest BCUT2D eigenvalue weighted by Gasteiger charge is 2.19. The highest BCUT2D eigenvalue weighted by atomic mass is 16.5. The van der Waals surface area contributed by atoms with Crippen molar-refractivity contribution in [2.45, 2.75) is 6.42 Å². The lowest BCUT2D eigenvalue weighted by atomic mass is 9.92. The Labute approximate surface area is 194 Å². The van der Waals surface area contributed by atoms with Crippen molar-refractivity contribution >= 4 is 22.7 Å². The summed E-state index contributed by atoms with van der Waals surface area (Å²) in [6.07, 6.45) is 0.312. The van der Waals surface area contributed by atoms with Crippen LogP contribution >= 0.6 is 0 Å². The second kappa shape index (κ2) is 11.9. The lowest BCUT2D eigenvalue weighted by molar-refractivity contribution is -0.111. The average Bonchev–Trinajstić information content (AvgIpc) is 2.81. The average molecular weight is 447 g/mol. The van der Waals surface area contributed by atoms with Crippen molar-refractivity contribution in [3.8, 4) is 11.5 Å². The van der Waals surface area contributed by atoms with Gasteiger partial charge >= 0.3 is 0 Å². The Morgan fingerprint density at radius 3 is 2.18 bits per heavy atom. The van der Waals surface area contributed by atoms with Crippen LogP contribution in [0.25, 0.3) is 11.1 Å². The zero-order valence-electron chi connectivity index (χ0n) is 19.0. The fourth-order valence-electron chi connectivity index (χ4n) is 3.41. The molecular formula is C27H30N2O4. The summed E-state index contributed by atoms with van der Waals surface area (Å²) in [7, 11) is 3.98. The molecule has 0 saturated heterocycles. The summed E-state index contributed by atoms with van der Waals surface area (Å²) in [5.41, 5.74) is 3.31. The van der Waals surface area contributed by atoms with Gasteiger partial charge in [0.15, 0.2) is 0 Å². The fourth-order valence-corrected chi connectivity index (χ4v) is 3.41. The number of nitrogens with zero attached hydrogens (tertiary/aromatic N) is 1. The van der Waals surface area contributed by atoms with E-state index >= 15 is 0 Å². The summed E-state index contributed by atoms with van der Waals surface area (Å²) in [6, 6.07) is 23.3. The third kappa shape index (κ3) is 6.94. The molecule has 0 heterocycles. The summed E-state index contributed by atoms with van der Waals surface area (Å²) in [5.74, 6) is 0.551. The van der Waals surface area contributed by atoms with E-state index in [1.807, 2.05) is 61.5 Å². The molecular weight excluding hydrogens is 416 g/mol. The molecule has 3 aromatic carbocycles. The number of aliphatic hydroxyl groups excluding tert-OH is 1. The van der Waals surface area contributed by atoms with Gasteiger partial charge in [-0.05, 0) is 73.6 Å². The van der Waals surface area contributed by atoms with Gasteiger partial charge in [0.1, 0.15) is 18.1 Å². The van der Waals surface area contributed by atoms with Crippen molar-refractivity contribution in [3.05, 3.63) is 90.0 Å². The molecule has 172 valence electrons. The second-order valence-electron chi connectivity index (χ2n) is 7.87. The first-order chi connectivity index (χ1) is 16.0. The van der Waals surface area contributed by atoms with E-state index in [0.717, 1.165) is 23.4 Å². The Morgan fingerprint density at radius 2 is 1.58 bits per heavy atom. The number of phenolic OH excluding ortho intramolecular Hbond substituents is 1. The summed E-state index contributed by atoms with van der Waals surface area (Å²) in [4.78, 5) is 15.5. The predicted molar refractivity (Wildman–Crippen MR) is 132 cm³/mol. The number of phenols is 1. The number of rotatable bonds is 10. The van der Waals surface area contributed by atoms with Crippen molar-refractivity contribution in [1.82, 2.24) is 4.90 Å². The van der Waals surface area contributed by atoms with Gasteiger partial charge in [0.05, 0.1) is 5.57 Å². The van der Waals surface area contributed by atoms with Crippen LogP contribution in [0.15, 0.2) is 78.9 Å². The molecule has 0 radical (unpaired) electrons. The van der Waals surface area contributed by atoms with E-state index in [0.29, 0.717) is 29.9 Å². The Kier molecular flexibility index (Phi) is 8.63. The maximum absolute atomic E-state index is 13.5. The Bertz CT molecular complexity index is 1060. The first-order valence-corrected chi connectivity index (χ1v) is 10.9. The Morgan fingerprint density at radius 1 is 0.909 bits per heavy atom. The number of benzene rings is 3. The molecule has 0 unspecified atom stereocenters. The van der Waals surface area contributed by atoms with Crippen LogP contribution in [-0.4, -0.2) is 54.9 Å². The smallest absolute Gasteiger partial charge is 0.256 e. The third-order valence-electron chi connectivity index (χ3n) is 5.09. The van der Waals surface area contributed by atoms with E-state index in [2.05, 4.69) is 5.32 Å². The zero-order valence-corrected chi connectivity index (χ0v) is 19.0. The van der Waals surface area contributed by atoms with E-state index in [1.54, 1.807) is 36.4 Å². The number of aliphatic hydroxyl groups is 1. The molecule has 0 bridgehead atoms. The number of anilines is 1. The number of ether oxygens (including phenoxy) is 1. The minimum atomic E-state index is -0.297. The lowest BCUT2D eigenvalue weighted by Crippen LogP contribution is -2.19. The normalized spacial score (nSPS) is 11.8. The molecule has 3 rings (SSSR count). The molecule has 0 saturated carbocycles.